The van der Waals surface area contributed by atoms with E-state index in [0.717, 1.165) is 30.2 Å². The molecule has 1 aliphatic heterocycles. The van der Waals surface area contributed by atoms with Gasteiger partial charge in [-0.3, -0.25) is 9.48 Å². The Labute approximate surface area is 160 Å². The van der Waals surface area contributed by atoms with Crippen LogP contribution in [0.25, 0.3) is 0 Å². The number of hydrogen-bond acceptors (Lipinski definition) is 3. The normalized spacial score (nSPS) is 15.8. The fraction of sp³-hybridized carbons (Fsp3) is 0.500. The fourth-order valence-corrected chi connectivity index (χ4v) is 3.71. The summed E-state index contributed by atoms with van der Waals surface area (Å²) in [4.78, 5) is 15.1. The van der Waals surface area contributed by atoms with Gasteiger partial charge in [-0.15, -0.1) is 0 Å². The molecule has 6 heteroatoms. The van der Waals surface area contributed by atoms with Crippen LogP contribution in [0.1, 0.15) is 47.9 Å². The van der Waals surface area contributed by atoms with Crippen LogP contribution in [0.4, 0.5) is 5.69 Å². The first-order valence-electron chi connectivity index (χ1n) is 9.30. The van der Waals surface area contributed by atoms with E-state index in [0.29, 0.717) is 17.1 Å². The highest BCUT2D eigenvalue weighted by atomic mass is 35.5. The number of aryl methyl sites for hydroxylation is 2. The molecule has 5 nitrogen and oxygen atoms in total. The van der Waals surface area contributed by atoms with Gasteiger partial charge in [0.05, 0.1) is 22.8 Å². The van der Waals surface area contributed by atoms with Crippen molar-refractivity contribution in [3.63, 3.8) is 0 Å². The molecule has 0 spiro atoms. The van der Waals surface area contributed by atoms with Crippen LogP contribution in [0.3, 0.4) is 0 Å². The first-order valence-corrected chi connectivity index (χ1v) is 9.68. The topological polar surface area (TPSA) is 50.2 Å². The number of halogens is 1. The minimum atomic E-state index is -0.136. The molecular weight excluding hydrogens is 348 g/mol. The van der Waals surface area contributed by atoms with Crippen molar-refractivity contribution in [1.82, 2.24) is 15.1 Å². The summed E-state index contributed by atoms with van der Waals surface area (Å²) in [5, 5.41) is 7.99. The van der Waals surface area contributed by atoms with E-state index in [2.05, 4.69) is 15.3 Å². The van der Waals surface area contributed by atoms with Gasteiger partial charge in [0.2, 0.25) is 0 Å². The summed E-state index contributed by atoms with van der Waals surface area (Å²) in [6, 6.07) is 7.73. The minimum Gasteiger partial charge on any atom is -0.372 e. The Morgan fingerprint density at radius 2 is 1.96 bits per heavy atom. The maximum Gasteiger partial charge on any atom is 0.253 e. The van der Waals surface area contributed by atoms with Crippen molar-refractivity contribution in [2.75, 3.05) is 18.0 Å². The molecule has 1 atom stereocenters. The number of benzene rings is 1. The van der Waals surface area contributed by atoms with Crippen LogP contribution in [0.15, 0.2) is 24.3 Å². The molecule has 0 radical (unpaired) electrons. The van der Waals surface area contributed by atoms with Crippen LogP contribution in [0, 0.1) is 13.8 Å². The summed E-state index contributed by atoms with van der Waals surface area (Å²) in [7, 11) is 0. The number of rotatable bonds is 5. The summed E-state index contributed by atoms with van der Waals surface area (Å²) in [6.45, 7) is 8.69. The molecule has 1 N–H and O–H groups in total. The van der Waals surface area contributed by atoms with Crippen molar-refractivity contribution in [2.45, 2.75) is 52.6 Å². The van der Waals surface area contributed by atoms with Gasteiger partial charge in [0.15, 0.2) is 0 Å². The Morgan fingerprint density at radius 3 is 2.62 bits per heavy atom. The summed E-state index contributed by atoms with van der Waals surface area (Å²) in [5.41, 5.74) is 3.69. The molecule has 2 heterocycles. The Hall–Kier alpha value is -2.01. The summed E-state index contributed by atoms with van der Waals surface area (Å²) >= 11 is 6.31. The number of hydrogen-bond donors (Lipinski definition) is 1. The van der Waals surface area contributed by atoms with Crippen molar-refractivity contribution in [3.05, 3.63) is 46.2 Å². The van der Waals surface area contributed by atoms with E-state index in [1.165, 1.54) is 19.3 Å². The van der Waals surface area contributed by atoms with Crippen LogP contribution in [0.2, 0.25) is 5.02 Å². The third-order valence-electron chi connectivity index (χ3n) is 4.84. The van der Waals surface area contributed by atoms with Crippen LogP contribution in [0.5, 0.6) is 0 Å². The zero-order valence-electron chi connectivity index (χ0n) is 15.8. The van der Waals surface area contributed by atoms with Crippen molar-refractivity contribution in [2.24, 2.45) is 0 Å². The van der Waals surface area contributed by atoms with Gasteiger partial charge in [0, 0.05) is 30.5 Å². The molecular formula is C20H27ClN4O. The predicted octanol–water partition coefficient (Wildman–Crippen LogP) is 3.96. The van der Waals surface area contributed by atoms with Crippen molar-refractivity contribution in [1.29, 1.82) is 0 Å². The van der Waals surface area contributed by atoms with Gasteiger partial charge in [-0.05, 0) is 64.3 Å². The number of aromatic nitrogens is 2. The molecule has 140 valence electrons. The largest absolute Gasteiger partial charge is 0.372 e. The maximum atomic E-state index is 12.7. The maximum absolute atomic E-state index is 12.7. The lowest BCUT2D eigenvalue weighted by Gasteiger charge is -2.29. The van der Waals surface area contributed by atoms with E-state index in [9.17, 15) is 4.79 Å². The molecule has 26 heavy (non-hydrogen) atoms. The van der Waals surface area contributed by atoms with Gasteiger partial charge in [-0.25, -0.2) is 0 Å². The van der Waals surface area contributed by atoms with E-state index in [4.69, 9.17) is 11.6 Å². The van der Waals surface area contributed by atoms with E-state index in [1.807, 2.05) is 49.7 Å². The zero-order valence-corrected chi connectivity index (χ0v) is 16.5. The monoisotopic (exact) mass is 374 g/mol. The van der Waals surface area contributed by atoms with Gasteiger partial charge >= 0.3 is 0 Å². The van der Waals surface area contributed by atoms with Crippen LogP contribution in [-0.4, -0.2) is 34.8 Å². The molecule has 1 saturated heterocycles. The quantitative estimate of drug-likeness (QED) is 0.861. The Bertz CT molecular complexity index is 780. The highest BCUT2D eigenvalue weighted by molar-refractivity contribution is 6.34. The van der Waals surface area contributed by atoms with Crippen LogP contribution < -0.4 is 10.2 Å². The number of nitrogens with one attached hydrogen (secondary N) is 1. The number of nitrogens with zero attached hydrogens (tertiary/aromatic N) is 3. The van der Waals surface area contributed by atoms with Gasteiger partial charge < -0.3 is 10.2 Å². The molecule has 1 aromatic carbocycles. The van der Waals surface area contributed by atoms with E-state index in [1.54, 1.807) is 0 Å². The van der Waals surface area contributed by atoms with E-state index < -0.39 is 0 Å². The molecule has 1 amide bonds. The minimum absolute atomic E-state index is 0.0461. The summed E-state index contributed by atoms with van der Waals surface area (Å²) < 4.78 is 1.92. The van der Waals surface area contributed by atoms with Gasteiger partial charge in [0.1, 0.15) is 0 Å². The highest BCUT2D eigenvalue weighted by Gasteiger charge is 2.18. The Balaban J connectivity index is 1.69. The van der Waals surface area contributed by atoms with Gasteiger partial charge in [-0.2, -0.15) is 5.10 Å². The third-order valence-corrected chi connectivity index (χ3v) is 5.17. The SMILES string of the molecule is Cc1cc(C)n(CC(C)NC(=O)c2cc(N3CCCCC3)ccc2Cl)n1. The third kappa shape index (κ3) is 4.39. The zero-order chi connectivity index (χ0) is 18.7. The molecule has 1 aliphatic rings. The molecule has 1 aromatic heterocycles. The lowest BCUT2D eigenvalue weighted by molar-refractivity contribution is 0.0936. The van der Waals surface area contributed by atoms with Gasteiger partial charge in [0.25, 0.3) is 5.91 Å². The second-order valence-corrected chi connectivity index (χ2v) is 7.60. The van der Waals surface area contributed by atoms with E-state index >= 15 is 0 Å². The second-order valence-electron chi connectivity index (χ2n) is 7.20. The average Bonchev–Trinajstić information content (AvgIpc) is 2.93. The first kappa shape index (κ1) is 18.8. The average molecular weight is 375 g/mol. The number of carbonyl (C=O) groups is 1. The highest BCUT2D eigenvalue weighted by Crippen LogP contribution is 2.25. The van der Waals surface area contributed by atoms with Crippen molar-refractivity contribution in [3.8, 4) is 0 Å². The van der Waals surface area contributed by atoms with Crippen molar-refractivity contribution >= 4 is 23.2 Å². The fourth-order valence-electron chi connectivity index (χ4n) is 3.50. The Morgan fingerprint density at radius 1 is 1.23 bits per heavy atom. The van der Waals surface area contributed by atoms with Crippen LogP contribution in [-0.2, 0) is 6.54 Å². The smallest absolute Gasteiger partial charge is 0.253 e. The molecule has 3 rings (SSSR count). The standard InChI is InChI=1S/C20H27ClN4O/c1-14-11-16(3)25(23-14)13-15(2)22-20(26)18-12-17(7-8-19(18)21)24-9-5-4-6-10-24/h7-8,11-12,15H,4-6,9-10,13H2,1-3H3,(H,22,26). The second kappa shape index (κ2) is 8.12. The first-order chi connectivity index (χ1) is 12.4. The number of anilines is 1. The predicted molar refractivity (Wildman–Crippen MR) is 106 cm³/mol. The number of piperidine rings is 1. The molecule has 2 aromatic rings. The number of carbonyl (C=O) groups excluding carboxylic acids is 1. The summed E-state index contributed by atoms with van der Waals surface area (Å²) in [5.74, 6) is -0.136. The summed E-state index contributed by atoms with van der Waals surface area (Å²) in [6.07, 6.45) is 3.68. The molecule has 0 aliphatic carbocycles. The van der Waals surface area contributed by atoms with Crippen molar-refractivity contribution < 1.29 is 4.79 Å². The molecule has 0 saturated carbocycles. The van der Waals surface area contributed by atoms with Gasteiger partial charge in [-0.1, -0.05) is 11.6 Å². The Kier molecular flexibility index (Phi) is 5.87. The molecule has 1 fully saturated rings. The lowest BCUT2D eigenvalue weighted by Crippen LogP contribution is -2.36. The lowest BCUT2D eigenvalue weighted by atomic mass is 10.1. The van der Waals surface area contributed by atoms with Crippen LogP contribution >= 0.6 is 11.6 Å². The molecule has 1 unspecified atom stereocenters. The molecule has 0 bridgehead atoms. The van der Waals surface area contributed by atoms with E-state index in [-0.39, 0.29) is 11.9 Å². The number of amides is 1.